The summed E-state index contributed by atoms with van der Waals surface area (Å²) < 4.78 is 0.861. The highest BCUT2D eigenvalue weighted by Gasteiger charge is 2.10. The molecule has 0 spiro atoms. The first-order valence-corrected chi connectivity index (χ1v) is 7.48. The Kier molecular flexibility index (Phi) is 5.39. The van der Waals surface area contributed by atoms with E-state index in [9.17, 15) is 4.79 Å². The maximum Gasteiger partial charge on any atom is 0.252 e. The van der Waals surface area contributed by atoms with Gasteiger partial charge < -0.3 is 10.4 Å². The maximum atomic E-state index is 12.1. The molecule has 0 radical (unpaired) electrons. The van der Waals surface area contributed by atoms with Crippen LogP contribution in [-0.2, 0) is 13.2 Å². The summed E-state index contributed by atoms with van der Waals surface area (Å²) in [5.41, 5.74) is 2.40. The molecule has 0 unspecified atom stereocenters. The second kappa shape index (κ2) is 7.06. The number of rotatable bonds is 4. The second-order valence-electron chi connectivity index (χ2n) is 4.28. The third kappa shape index (κ3) is 3.94. The Morgan fingerprint density at radius 1 is 1.15 bits per heavy atom. The van der Waals surface area contributed by atoms with Gasteiger partial charge in [-0.2, -0.15) is 0 Å². The zero-order valence-electron chi connectivity index (χ0n) is 10.6. The van der Waals surface area contributed by atoms with Gasteiger partial charge in [-0.1, -0.05) is 35.9 Å². The predicted octanol–water partition coefficient (Wildman–Crippen LogP) is 3.37. The summed E-state index contributed by atoms with van der Waals surface area (Å²) in [6.07, 6.45) is 0. The molecule has 0 aliphatic heterocycles. The fourth-order valence-electron chi connectivity index (χ4n) is 1.71. The number of benzene rings is 2. The molecule has 104 valence electrons. The molecule has 2 N–H and O–H groups in total. The molecule has 0 fully saturated rings. The summed E-state index contributed by atoms with van der Waals surface area (Å²) in [6, 6.07) is 12.7. The van der Waals surface area contributed by atoms with Crippen molar-refractivity contribution in [1.82, 2.24) is 5.32 Å². The Bertz CT molecular complexity index is 614. The number of carbonyl (C=O) groups excluding carboxylic acids is 1. The van der Waals surface area contributed by atoms with Gasteiger partial charge >= 0.3 is 0 Å². The van der Waals surface area contributed by atoms with Crippen LogP contribution in [0.15, 0.2) is 42.5 Å². The number of aliphatic hydroxyl groups is 1. The summed E-state index contributed by atoms with van der Waals surface area (Å²) in [7, 11) is 0. The number of amides is 1. The first-order valence-electron chi connectivity index (χ1n) is 6.02. The molecule has 0 saturated carbocycles. The molecule has 1 amide bonds. The number of aliphatic hydroxyl groups excluding tert-OH is 1. The van der Waals surface area contributed by atoms with E-state index in [4.69, 9.17) is 16.7 Å². The lowest BCUT2D eigenvalue weighted by atomic mass is 10.1. The smallest absolute Gasteiger partial charge is 0.252 e. The van der Waals surface area contributed by atoms with Gasteiger partial charge in [0.25, 0.3) is 5.91 Å². The molecular weight excluding hydrogens is 389 g/mol. The highest BCUT2D eigenvalue weighted by molar-refractivity contribution is 14.1. The molecule has 5 heteroatoms. The molecule has 2 rings (SSSR count). The number of hydrogen-bond donors (Lipinski definition) is 2. The zero-order chi connectivity index (χ0) is 14.5. The Morgan fingerprint density at radius 3 is 2.45 bits per heavy atom. The predicted molar refractivity (Wildman–Crippen MR) is 87.7 cm³/mol. The molecule has 0 saturated heterocycles. The van der Waals surface area contributed by atoms with E-state index >= 15 is 0 Å². The van der Waals surface area contributed by atoms with Crippen LogP contribution in [0.5, 0.6) is 0 Å². The highest BCUT2D eigenvalue weighted by Crippen LogP contribution is 2.18. The minimum atomic E-state index is -0.150. The summed E-state index contributed by atoms with van der Waals surface area (Å²) in [6.45, 7) is 0.459. The van der Waals surface area contributed by atoms with Gasteiger partial charge in [0.05, 0.1) is 12.2 Å². The largest absolute Gasteiger partial charge is 0.392 e. The molecule has 0 aliphatic rings. The third-order valence-corrected chi connectivity index (χ3v) is 4.01. The fourth-order valence-corrected chi connectivity index (χ4v) is 2.46. The first kappa shape index (κ1) is 15.3. The molecule has 2 aromatic carbocycles. The first-order chi connectivity index (χ1) is 9.60. The minimum absolute atomic E-state index is 0.0212. The zero-order valence-corrected chi connectivity index (χ0v) is 13.5. The van der Waals surface area contributed by atoms with Crippen LogP contribution in [0.1, 0.15) is 21.5 Å². The normalized spacial score (nSPS) is 10.3. The van der Waals surface area contributed by atoms with E-state index in [1.165, 1.54) is 0 Å². The highest BCUT2D eigenvalue weighted by atomic mass is 127. The van der Waals surface area contributed by atoms with Crippen LogP contribution in [0.2, 0.25) is 5.02 Å². The van der Waals surface area contributed by atoms with Crippen molar-refractivity contribution in [2.24, 2.45) is 0 Å². The lowest BCUT2D eigenvalue weighted by Crippen LogP contribution is -2.23. The number of hydrogen-bond acceptors (Lipinski definition) is 2. The molecule has 20 heavy (non-hydrogen) atoms. The number of nitrogens with one attached hydrogen (secondary N) is 1. The van der Waals surface area contributed by atoms with Crippen LogP contribution in [-0.4, -0.2) is 11.0 Å². The number of carbonyl (C=O) groups is 1. The van der Waals surface area contributed by atoms with Gasteiger partial charge in [-0.25, -0.2) is 0 Å². The van der Waals surface area contributed by atoms with Gasteiger partial charge in [0.15, 0.2) is 0 Å². The molecular formula is C15H13ClINO2. The van der Waals surface area contributed by atoms with E-state index in [1.54, 1.807) is 12.1 Å². The average Bonchev–Trinajstić information content (AvgIpc) is 2.47. The fraction of sp³-hybridized carbons (Fsp3) is 0.133. The van der Waals surface area contributed by atoms with Crippen LogP contribution in [0, 0.1) is 3.57 Å². The molecule has 3 nitrogen and oxygen atoms in total. The monoisotopic (exact) mass is 401 g/mol. The van der Waals surface area contributed by atoms with Gasteiger partial charge in [-0.05, 0) is 51.9 Å². The van der Waals surface area contributed by atoms with Crippen molar-refractivity contribution >= 4 is 40.1 Å². The van der Waals surface area contributed by atoms with Gasteiger partial charge in [0, 0.05) is 15.1 Å². The topological polar surface area (TPSA) is 49.3 Å². The molecule has 0 aromatic heterocycles. The molecule has 0 heterocycles. The van der Waals surface area contributed by atoms with Crippen LogP contribution < -0.4 is 5.32 Å². The van der Waals surface area contributed by atoms with Crippen molar-refractivity contribution in [3.63, 3.8) is 0 Å². The van der Waals surface area contributed by atoms with E-state index in [-0.39, 0.29) is 12.5 Å². The quantitative estimate of drug-likeness (QED) is 0.772. The summed E-state index contributed by atoms with van der Waals surface area (Å²) in [4.78, 5) is 12.1. The average molecular weight is 402 g/mol. The summed E-state index contributed by atoms with van der Waals surface area (Å²) in [5.74, 6) is -0.150. The van der Waals surface area contributed by atoms with Crippen molar-refractivity contribution in [1.29, 1.82) is 0 Å². The molecule has 2 aromatic rings. The minimum Gasteiger partial charge on any atom is -0.392 e. The SMILES string of the molecule is O=C(NCc1ccc(CO)cc1)c1cc(Cl)ccc1I. The van der Waals surface area contributed by atoms with Crippen molar-refractivity contribution in [2.75, 3.05) is 0 Å². The van der Waals surface area contributed by atoms with Gasteiger partial charge in [-0.3, -0.25) is 4.79 Å². The van der Waals surface area contributed by atoms with E-state index in [0.717, 1.165) is 14.7 Å². The lowest BCUT2D eigenvalue weighted by Gasteiger charge is -2.08. The summed E-state index contributed by atoms with van der Waals surface area (Å²) >= 11 is 8.01. The van der Waals surface area contributed by atoms with Crippen LogP contribution in [0.3, 0.4) is 0 Å². The Balaban J connectivity index is 2.02. The van der Waals surface area contributed by atoms with Crippen molar-refractivity contribution in [2.45, 2.75) is 13.2 Å². The van der Waals surface area contributed by atoms with Crippen LogP contribution in [0.4, 0.5) is 0 Å². The molecule has 0 bridgehead atoms. The molecule has 0 atom stereocenters. The standard InChI is InChI=1S/C15H13ClINO2/c16-12-5-6-14(17)13(7-12)15(20)18-8-10-1-3-11(9-19)4-2-10/h1-7,19H,8-9H2,(H,18,20). The lowest BCUT2D eigenvalue weighted by molar-refractivity contribution is 0.0950. The van der Waals surface area contributed by atoms with Crippen molar-refractivity contribution < 1.29 is 9.90 Å². The van der Waals surface area contributed by atoms with Gasteiger partial charge in [0.1, 0.15) is 0 Å². The van der Waals surface area contributed by atoms with Crippen LogP contribution >= 0.6 is 34.2 Å². The van der Waals surface area contributed by atoms with Crippen molar-refractivity contribution in [3.8, 4) is 0 Å². The Hall–Kier alpha value is -1.11. The van der Waals surface area contributed by atoms with E-state index < -0.39 is 0 Å². The third-order valence-electron chi connectivity index (χ3n) is 2.83. The maximum absolute atomic E-state index is 12.1. The van der Waals surface area contributed by atoms with E-state index in [1.807, 2.05) is 30.3 Å². The van der Waals surface area contributed by atoms with Crippen molar-refractivity contribution in [3.05, 3.63) is 67.7 Å². The summed E-state index contributed by atoms with van der Waals surface area (Å²) in [5, 5.41) is 12.4. The second-order valence-corrected chi connectivity index (χ2v) is 5.88. The van der Waals surface area contributed by atoms with Crippen LogP contribution in [0.25, 0.3) is 0 Å². The van der Waals surface area contributed by atoms with Gasteiger partial charge in [-0.15, -0.1) is 0 Å². The van der Waals surface area contributed by atoms with E-state index in [2.05, 4.69) is 27.9 Å². The van der Waals surface area contributed by atoms with Gasteiger partial charge in [0.2, 0.25) is 0 Å². The van der Waals surface area contributed by atoms with E-state index in [0.29, 0.717) is 17.1 Å². The Morgan fingerprint density at radius 2 is 1.80 bits per heavy atom. The molecule has 0 aliphatic carbocycles. The number of halogens is 2. The Labute approximate surface area is 136 Å².